The number of nitrogens with zero attached hydrogens (tertiary/aromatic N) is 1. The van der Waals surface area contributed by atoms with E-state index in [0.29, 0.717) is 49.8 Å². The molecule has 0 atom stereocenters. The van der Waals surface area contributed by atoms with Crippen LogP contribution >= 0.6 is 0 Å². The second-order valence-corrected chi connectivity index (χ2v) is 6.13. The van der Waals surface area contributed by atoms with Crippen molar-refractivity contribution in [2.24, 2.45) is 5.92 Å². The highest BCUT2D eigenvalue weighted by Gasteiger charge is 2.28. The molecule has 124 valence electrons. The lowest BCUT2D eigenvalue weighted by atomic mass is 9.88. The van der Waals surface area contributed by atoms with E-state index < -0.39 is 0 Å². The summed E-state index contributed by atoms with van der Waals surface area (Å²) in [7, 11) is 0. The fraction of sp³-hybridized carbons (Fsp3) is 0.556. The summed E-state index contributed by atoms with van der Waals surface area (Å²) in [4.78, 5) is 26.5. The minimum Gasteiger partial charge on any atom is -0.486 e. The third-order valence-electron chi connectivity index (χ3n) is 4.51. The molecule has 23 heavy (non-hydrogen) atoms. The molecule has 5 heteroatoms. The molecule has 1 aromatic carbocycles. The second-order valence-electron chi connectivity index (χ2n) is 6.13. The Hall–Kier alpha value is -2.04. The highest BCUT2D eigenvalue weighted by Crippen LogP contribution is 2.32. The molecule has 2 aliphatic rings. The second kappa shape index (κ2) is 7.02. The average molecular weight is 317 g/mol. The Morgan fingerprint density at radius 3 is 2.52 bits per heavy atom. The smallest absolute Gasteiger partial charge is 0.222 e. The number of rotatable bonds is 4. The van der Waals surface area contributed by atoms with E-state index in [2.05, 4.69) is 0 Å². The predicted octanol–water partition coefficient (Wildman–Crippen LogP) is 2.68. The number of hydrogen-bond acceptors (Lipinski definition) is 4. The lowest BCUT2D eigenvalue weighted by molar-refractivity contribution is -0.132. The van der Waals surface area contributed by atoms with Gasteiger partial charge in [0.2, 0.25) is 5.91 Å². The van der Waals surface area contributed by atoms with Crippen LogP contribution in [0.5, 0.6) is 11.5 Å². The van der Waals surface area contributed by atoms with E-state index in [-0.39, 0.29) is 17.6 Å². The first-order valence-corrected chi connectivity index (χ1v) is 8.40. The molecule has 0 spiro atoms. The summed E-state index contributed by atoms with van der Waals surface area (Å²) in [5.74, 6) is 1.69. The van der Waals surface area contributed by atoms with Crippen LogP contribution in [0.25, 0.3) is 0 Å². The van der Waals surface area contributed by atoms with Gasteiger partial charge < -0.3 is 14.4 Å². The summed E-state index contributed by atoms with van der Waals surface area (Å²) >= 11 is 0. The summed E-state index contributed by atoms with van der Waals surface area (Å²) in [6.45, 7) is 4.43. The minimum absolute atomic E-state index is 0.0109. The fourth-order valence-electron chi connectivity index (χ4n) is 3.20. The number of carbonyl (C=O) groups is 2. The number of ketones is 1. The molecule has 1 amide bonds. The van der Waals surface area contributed by atoms with Crippen molar-refractivity contribution in [2.75, 3.05) is 26.3 Å². The number of fused-ring (bicyclic) bond motifs is 1. The SMILES string of the molecule is CCCC(=O)N1CCC(C(=O)c2ccc3c(c2)OCCO3)CC1. The van der Waals surface area contributed by atoms with E-state index >= 15 is 0 Å². The van der Waals surface area contributed by atoms with Gasteiger partial charge in [-0.2, -0.15) is 0 Å². The number of Topliss-reactive ketones (excluding diaryl/α,β-unsaturated/α-hetero) is 1. The number of ether oxygens (including phenoxy) is 2. The Morgan fingerprint density at radius 1 is 1.13 bits per heavy atom. The molecule has 2 heterocycles. The lowest BCUT2D eigenvalue weighted by Crippen LogP contribution is -2.40. The molecule has 0 saturated carbocycles. The van der Waals surface area contributed by atoms with E-state index in [9.17, 15) is 9.59 Å². The molecule has 1 aromatic rings. The third-order valence-corrected chi connectivity index (χ3v) is 4.51. The Balaban J connectivity index is 1.62. The molecule has 2 aliphatic heterocycles. The monoisotopic (exact) mass is 317 g/mol. The summed E-state index contributed by atoms with van der Waals surface area (Å²) < 4.78 is 11.0. The molecular formula is C18H23NO4. The van der Waals surface area contributed by atoms with Crippen molar-refractivity contribution in [2.45, 2.75) is 32.6 Å². The van der Waals surface area contributed by atoms with Gasteiger partial charge in [0.15, 0.2) is 17.3 Å². The highest BCUT2D eigenvalue weighted by atomic mass is 16.6. The van der Waals surface area contributed by atoms with Crippen molar-refractivity contribution in [3.8, 4) is 11.5 Å². The van der Waals surface area contributed by atoms with Crippen LogP contribution in [-0.4, -0.2) is 42.9 Å². The molecular weight excluding hydrogens is 294 g/mol. The van der Waals surface area contributed by atoms with Crippen LogP contribution in [0.3, 0.4) is 0 Å². The molecule has 0 aliphatic carbocycles. The highest BCUT2D eigenvalue weighted by molar-refractivity contribution is 5.98. The molecule has 0 bridgehead atoms. The van der Waals surface area contributed by atoms with Crippen LogP contribution in [0.15, 0.2) is 18.2 Å². The van der Waals surface area contributed by atoms with Crippen LogP contribution in [0.2, 0.25) is 0 Å². The number of likely N-dealkylation sites (tertiary alicyclic amines) is 1. The van der Waals surface area contributed by atoms with Crippen LogP contribution in [0.1, 0.15) is 43.0 Å². The minimum atomic E-state index is -0.0109. The number of amides is 1. The van der Waals surface area contributed by atoms with Gasteiger partial charge in [-0.15, -0.1) is 0 Å². The summed E-state index contributed by atoms with van der Waals surface area (Å²) in [5, 5.41) is 0. The largest absolute Gasteiger partial charge is 0.486 e. The predicted molar refractivity (Wildman–Crippen MR) is 86.0 cm³/mol. The number of hydrogen-bond donors (Lipinski definition) is 0. The van der Waals surface area contributed by atoms with Crippen molar-refractivity contribution in [3.05, 3.63) is 23.8 Å². The zero-order valence-corrected chi connectivity index (χ0v) is 13.5. The first-order chi connectivity index (χ1) is 11.2. The average Bonchev–Trinajstić information content (AvgIpc) is 2.61. The first kappa shape index (κ1) is 15.8. The summed E-state index contributed by atoms with van der Waals surface area (Å²) in [6, 6.07) is 5.40. The van der Waals surface area contributed by atoms with Crippen LogP contribution < -0.4 is 9.47 Å². The van der Waals surface area contributed by atoms with E-state index in [4.69, 9.17) is 9.47 Å². The fourth-order valence-corrected chi connectivity index (χ4v) is 3.20. The van der Waals surface area contributed by atoms with Crippen molar-refractivity contribution in [3.63, 3.8) is 0 Å². The molecule has 1 fully saturated rings. The Morgan fingerprint density at radius 2 is 1.83 bits per heavy atom. The normalized spacial score (nSPS) is 17.9. The molecule has 0 radical (unpaired) electrons. The Bertz CT molecular complexity index is 591. The molecule has 0 aromatic heterocycles. The first-order valence-electron chi connectivity index (χ1n) is 8.40. The summed E-state index contributed by atoms with van der Waals surface area (Å²) in [5.41, 5.74) is 0.674. The standard InChI is InChI=1S/C18H23NO4/c1-2-3-17(20)19-8-6-13(7-9-19)18(21)14-4-5-15-16(12-14)23-11-10-22-15/h4-5,12-13H,2-3,6-11H2,1H3. The van der Waals surface area contributed by atoms with Gasteiger partial charge in [0.1, 0.15) is 13.2 Å². The Labute approximate surface area is 136 Å². The van der Waals surface area contributed by atoms with Crippen LogP contribution in [0, 0.1) is 5.92 Å². The molecule has 0 N–H and O–H groups in total. The van der Waals surface area contributed by atoms with E-state index in [1.165, 1.54) is 0 Å². The zero-order chi connectivity index (χ0) is 16.2. The maximum atomic E-state index is 12.7. The van der Waals surface area contributed by atoms with Crippen molar-refractivity contribution >= 4 is 11.7 Å². The summed E-state index contributed by atoms with van der Waals surface area (Å²) in [6.07, 6.45) is 2.95. The lowest BCUT2D eigenvalue weighted by Gasteiger charge is -2.31. The van der Waals surface area contributed by atoms with Gasteiger partial charge in [0, 0.05) is 31.0 Å². The van der Waals surface area contributed by atoms with Gasteiger partial charge in [-0.1, -0.05) is 6.92 Å². The third kappa shape index (κ3) is 3.49. The van der Waals surface area contributed by atoms with Crippen LogP contribution in [-0.2, 0) is 4.79 Å². The number of carbonyl (C=O) groups excluding carboxylic acids is 2. The maximum absolute atomic E-state index is 12.7. The number of benzene rings is 1. The van der Waals surface area contributed by atoms with Gasteiger partial charge in [-0.3, -0.25) is 9.59 Å². The van der Waals surface area contributed by atoms with Crippen molar-refractivity contribution in [1.29, 1.82) is 0 Å². The van der Waals surface area contributed by atoms with E-state index in [0.717, 1.165) is 19.3 Å². The Kier molecular flexibility index (Phi) is 4.84. The van der Waals surface area contributed by atoms with E-state index in [1.54, 1.807) is 6.07 Å². The zero-order valence-electron chi connectivity index (χ0n) is 13.5. The van der Waals surface area contributed by atoms with Gasteiger partial charge >= 0.3 is 0 Å². The van der Waals surface area contributed by atoms with Crippen molar-refractivity contribution in [1.82, 2.24) is 4.90 Å². The molecule has 3 rings (SSSR count). The molecule has 5 nitrogen and oxygen atoms in total. The number of piperidine rings is 1. The van der Waals surface area contributed by atoms with E-state index in [1.807, 2.05) is 24.0 Å². The molecule has 0 unspecified atom stereocenters. The van der Waals surface area contributed by atoms with Gasteiger partial charge in [0.05, 0.1) is 0 Å². The topological polar surface area (TPSA) is 55.8 Å². The maximum Gasteiger partial charge on any atom is 0.222 e. The van der Waals surface area contributed by atoms with Gasteiger partial charge in [0.25, 0.3) is 0 Å². The van der Waals surface area contributed by atoms with Crippen molar-refractivity contribution < 1.29 is 19.1 Å². The van der Waals surface area contributed by atoms with Gasteiger partial charge in [-0.05, 0) is 37.5 Å². The van der Waals surface area contributed by atoms with Crippen LogP contribution in [0.4, 0.5) is 0 Å². The quantitative estimate of drug-likeness (QED) is 0.801. The van der Waals surface area contributed by atoms with Gasteiger partial charge in [-0.25, -0.2) is 0 Å². The molecule has 1 saturated heterocycles.